The average Bonchev–Trinajstić information content (AvgIpc) is 3.29. The number of carbonyl (C=O) groups is 1. The summed E-state index contributed by atoms with van der Waals surface area (Å²) in [6.45, 7) is 0. The first-order valence-corrected chi connectivity index (χ1v) is 13.3. The van der Waals surface area contributed by atoms with Crippen LogP contribution in [-0.4, -0.2) is 5.91 Å². The number of benzene rings is 6. The van der Waals surface area contributed by atoms with Crippen LogP contribution in [0.5, 0.6) is 0 Å². The molecule has 1 aliphatic carbocycles. The van der Waals surface area contributed by atoms with Crippen LogP contribution in [0.4, 0.5) is 17.1 Å². The molecule has 0 unspecified atom stereocenters. The van der Waals surface area contributed by atoms with Crippen molar-refractivity contribution in [3.8, 4) is 11.1 Å². The number of carbonyl (C=O) groups excluding carboxylic acids is 1. The lowest BCUT2D eigenvalue weighted by atomic mass is 9.67. The maximum atomic E-state index is 13.2. The zero-order valence-corrected chi connectivity index (χ0v) is 21.8. The number of hydrogen-bond acceptors (Lipinski definition) is 3. The van der Waals surface area contributed by atoms with E-state index >= 15 is 0 Å². The summed E-state index contributed by atoms with van der Waals surface area (Å²) in [6, 6.07) is 44.9. The van der Waals surface area contributed by atoms with Crippen molar-refractivity contribution >= 4 is 33.7 Å². The standard InChI is InChI=1S/C36H27N3O/c37-27-18-14-25(15-19-27)36(32-9-3-1-7-29(32)30-8-2-4-10-33(30)36)26-16-20-28(21-17-26)39-35(40)24-13-12-23-6-5-11-34(38)31(23)22-24/h1-22H,37-38H2,(H,39,40). The minimum absolute atomic E-state index is 0.178. The van der Waals surface area contributed by atoms with Crippen molar-refractivity contribution in [1.29, 1.82) is 0 Å². The van der Waals surface area contributed by atoms with Gasteiger partial charge < -0.3 is 16.8 Å². The van der Waals surface area contributed by atoms with Gasteiger partial charge in [0.25, 0.3) is 5.91 Å². The Morgan fingerprint density at radius 1 is 0.600 bits per heavy atom. The number of nitrogens with two attached hydrogens (primary N) is 2. The van der Waals surface area contributed by atoms with Crippen molar-refractivity contribution in [1.82, 2.24) is 0 Å². The van der Waals surface area contributed by atoms with Crippen molar-refractivity contribution in [2.45, 2.75) is 5.41 Å². The van der Waals surface area contributed by atoms with Crippen molar-refractivity contribution in [3.63, 3.8) is 0 Å². The quantitative estimate of drug-likeness (QED) is 0.210. The molecule has 6 aromatic carbocycles. The summed E-state index contributed by atoms with van der Waals surface area (Å²) in [5.41, 5.74) is 21.6. The second-order valence-electron chi connectivity index (χ2n) is 10.3. The van der Waals surface area contributed by atoms with Gasteiger partial charge in [0.05, 0.1) is 5.41 Å². The number of nitrogen functional groups attached to an aromatic ring is 2. The number of rotatable bonds is 4. The van der Waals surface area contributed by atoms with Crippen LogP contribution in [0.3, 0.4) is 0 Å². The van der Waals surface area contributed by atoms with Crippen LogP contribution in [0.1, 0.15) is 32.6 Å². The molecule has 0 aliphatic heterocycles. The summed E-state index contributed by atoms with van der Waals surface area (Å²) < 4.78 is 0. The number of fused-ring (bicyclic) bond motifs is 4. The molecule has 0 fully saturated rings. The Kier molecular flexibility index (Phi) is 5.43. The molecule has 0 atom stereocenters. The van der Waals surface area contributed by atoms with Gasteiger partial charge in [-0.05, 0) is 81.2 Å². The molecule has 40 heavy (non-hydrogen) atoms. The molecule has 4 nitrogen and oxygen atoms in total. The Morgan fingerprint density at radius 3 is 1.85 bits per heavy atom. The van der Waals surface area contributed by atoms with E-state index in [9.17, 15) is 4.79 Å². The molecule has 6 aromatic rings. The maximum Gasteiger partial charge on any atom is 0.255 e. The van der Waals surface area contributed by atoms with Crippen molar-refractivity contribution < 1.29 is 4.79 Å². The van der Waals surface area contributed by atoms with Crippen molar-refractivity contribution in [3.05, 3.63) is 161 Å². The number of nitrogens with one attached hydrogen (secondary N) is 1. The molecule has 7 rings (SSSR count). The topological polar surface area (TPSA) is 81.1 Å². The SMILES string of the molecule is Nc1ccc(C2(c3ccc(NC(=O)c4ccc5cccc(N)c5c4)cc3)c3ccccc3-c3ccccc32)cc1. The molecular formula is C36H27N3O. The van der Waals surface area contributed by atoms with Gasteiger partial charge in [0, 0.05) is 28.0 Å². The third-order valence-corrected chi connectivity index (χ3v) is 8.05. The van der Waals surface area contributed by atoms with Gasteiger partial charge in [-0.2, -0.15) is 0 Å². The Morgan fingerprint density at radius 2 is 1.20 bits per heavy atom. The summed E-state index contributed by atoms with van der Waals surface area (Å²) in [4.78, 5) is 13.2. The van der Waals surface area contributed by atoms with Crippen LogP contribution in [0.15, 0.2) is 133 Å². The average molecular weight is 518 g/mol. The van der Waals surface area contributed by atoms with E-state index in [-0.39, 0.29) is 5.91 Å². The normalized spacial score (nSPS) is 13.0. The van der Waals surface area contributed by atoms with Crippen LogP contribution in [0, 0.1) is 0 Å². The molecule has 0 saturated heterocycles. The second kappa shape index (κ2) is 9.14. The van der Waals surface area contributed by atoms with E-state index in [0.717, 1.165) is 33.3 Å². The monoisotopic (exact) mass is 517 g/mol. The van der Waals surface area contributed by atoms with Gasteiger partial charge in [0.1, 0.15) is 0 Å². The van der Waals surface area contributed by atoms with Crippen molar-refractivity contribution in [2.75, 3.05) is 16.8 Å². The van der Waals surface area contributed by atoms with Gasteiger partial charge in [-0.15, -0.1) is 0 Å². The zero-order chi connectivity index (χ0) is 27.3. The maximum absolute atomic E-state index is 13.2. The predicted molar refractivity (Wildman–Crippen MR) is 164 cm³/mol. The first-order valence-electron chi connectivity index (χ1n) is 13.3. The van der Waals surface area contributed by atoms with Crippen LogP contribution < -0.4 is 16.8 Å². The smallest absolute Gasteiger partial charge is 0.255 e. The molecule has 0 saturated carbocycles. The first kappa shape index (κ1) is 23.7. The van der Waals surface area contributed by atoms with E-state index in [4.69, 9.17) is 11.5 Å². The molecule has 0 spiro atoms. The number of amides is 1. The molecule has 4 heteroatoms. The van der Waals surface area contributed by atoms with Gasteiger partial charge in [-0.25, -0.2) is 0 Å². The van der Waals surface area contributed by atoms with Gasteiger partial charge in [-0.1, -0.05) is 91.0 Å². The van der Waals surface area contributed by atoms with E-state index in [1.807, 2.05) is 60.7 Å². The first-order chi connectivity index (χ1) is 19.6. The van der Waals surface area contributed by atoms with Gasteiger partial charge in [-0.3, -0.25) is 4.79 Å². The third kappa shape index (κ3) is 3.57. The zero-order valence-electron chi connectivity index (χ0n) is 21.8. The molecular weight excluding hydrogens is 490 g/mol. The third-order valence-electron chi connectivity index (χ3n) is 8.05. The van der Waals surface area contributed by atoms with E-state index in [1.165, 1.54) is 22.3 Å². The minimum atomic E-state index is -0.515. The fourth-order valence-electron chi connectivity index (χ4n) is 6.20. The molecule has 192 valence electrons. The Labute approximate surface area is 232 Å². The number of anilines is 3. The Hall–Kier alpha value is -5.35. The van der Waals surface area contributed by atoms with Gasteiger partial charge >= 0.3 is 0 Å². The highest BCUT2D eigenvalue weighted by atomic mass is 16.1. The van der Waals surface area contributed by atoms with E-state index in [2.05, 4.69) is 78.1 Å². The number of hydrogen-bond donors (Lipinski definition) is 3. The highest BCUT2D eigenvalue weighted by Gasteiger charge is 2.45. The van der Waals surface area contributed by atoms with Gasteiger partial charge in [0.15, 0.2) is 0 Å². The fourth-order valence-corrected chi connectivity index (χ4v) is 6.20. The van der Waals surface area contributed by atoms with Crippen LogP contribution in [0.2, 0.25) is 0 Å². The molecule has 1 amide bonds. The van der Waals surface area contributed by atoms with Gasteiger partial charge in [0.2, 0.25) is 0 Å². The van der Waals surface area contributed by atoms with Crippen LogP contribution in [-0.2, 0) is 5.41 Å². The molecule has 0 aromatic heterocycles. The largest absolute Gasteiger partial charge is 0.399 e. The highest BCUT2D eigenvalue weighted by molar-refractivity contribution is 6.07. The minimum Gasteiger partial charge on any atom is -0.399 e. The van der Waals surface area contributed by atoms with Crippen LogP contribution >= 0.6 is 0 Å². The summed E-state index contributed by atoms with van der Waals surface area (Å²) in [6.07, 6.45) is 0. The van der Waals surface area contributed by atoms with E-state index in [1.54, 1.807) is 0 Å². The molecule has 0 heterocycles. The summed E-state index contributed by atoms with van der Waals surface area (Å²) in [5, 5.41) is 4.94. The molecule has 0 radical (unpaired) electrons. The molecule has 1 aliphatic rings. The van der Waals surface area contributed by atoms with Crippen LogP contribution in [0.25, 0.3) is 21.9 Å². The summed E-state index contributed by atoms with van der Waals surface area (Å²) in [7, 11) is 0. The summed E-state index contributed by atoms with van der Waals surface area (Å²) >= 11 is 0. The lowest BCUT2D eigenvalue weighted by molar-refractivity contribution is 0.102. The Bertz CT molecular complexity index is 1860. The summed E-state index contributed by atoms with van der Waals surface area (Å²) in [5.74, 6) is -0.178. The lowest BCUT2D eigenvalue weighted by Crippen LogP contribution is -2.28. The van der Waals surface area contributed by atoms with E-state index < -0.39 is 5.41 Å². The fraction of sp³-hybridized carbons (Fsp3) is 0.0278. The molecule has 0 bridgehead atoms. The highest BCUT2D eigenvalue weighted by Crippen LogP contribution is 2.56. The molecule has 5 N–H and O–H groups in total. The van der Waals surface area contributed by atoms with E-state index in [0.29, 0.717) is 11.3 Å². The predicted octanol–water partition coefficient (Wildman–Crippen LogP) is 7.62. The van der Waals surface area contributed by atoms with Crippen molar-refractivity contribution in [2.24, 2.45) is 0 Å². The second-order valence-corrected chi connectivity index (χ2v) is 10.3. The lowest BCUT2D eigenvalue weighted by Gasteiger charge is -2.34. The Balaban J connectivity index is 1.31.